The van der Waals surface area contributed by atoms with Crippen LogP contribution < -0.4 is 10.6 Å². The molecule has 86 valence electrons. The van der Waals surface area contributed by atoms with Crippen molar-refractivity contribution in [1.82, 2.24) is 5.32 Å². The van der Waals surface area contributed by atoms with Crippen LogP contribution in [0.25, 0.3) is 0 Å². The molecule has 3 rings (SSSR count). The van der Waals surface area contributed by atoms with Gasteiger partial charge in [0.2, 0.25) is 0 Å². The first-order valence-electron chi connectivity index (χ1n) is 6.48. The zero-order valence-corrected chi connectivity index (χ0v) is 9.76. The van der Waals surface area contributed by atoms with E-state index in [-0.39, 0.29) is 0 Å². The van der Waals surface area contributed by atoms with Crippen LogP contribution in [0.4, 0.5) is 5.69 Å². The summed E-state index contributed by atoms with van der Waals surface area (Å²) in [6, 6.07) is 6.99. The van der Waals surface area contributed by atoms with Crippen LogP contribution in [-0.2, 0) is 12.8 Å². The second kappa shape index (κ2) is 4.46. The molecule has 0 amide bonds. The van der Waals surface area contributed by atoms with E-state index in [2.05, 4.69) is 28.8 Å². The first kappa shape index (κ1) is 10.2. The van der Waals surface area contributed by atoms with Gasteiger partial charge in [-0.05, 0) is 61.9 Å². The Bertz CT molecular complexity index is 367. The summed E-state index contributed by atoms with van der Waals surface area (Å²) in [6.45, 7) is 3.55. The normalized spacial score (nSPS) is 23.9. The van der Waals surface area contributed by atoms with Gasteiger partial charge in [-0.15, -0.1) is 0 Å². The number of aryl methyl sites for hydroxylation is 1. The average Bonchev–Trinajstić information content (AvgIpc) is 2.82. The maximum atomic E-state index is 3.47. The van der Waals surface area contributed by atoms with Crippen LogP contribution in [0.15, 0.2) is 18.2 Å². The van der Waals surface area contributed by atoms with Crippen molar-refractivity contribution < 1.29 is 0 Å². The smallest absolute Gasteiger partial charge is 0.0372 e. The third kappa shape index (κ3) is 2.07. The van der Waals surface area contributed by atoms with E-state index in [4.69, 9.17) is 0 Å². The second-order valence-electron chi connectivity index (χ2n) is 5.08. The van der Waals surface area contributed by atoms with Gasteiger partial charge in [0.15, 0.2) is 0 Å². The monoisotopic (exact) mass is 216 g/mol. The van der Waals surface area contributed by atoms with Crippen molar-refractivity contribution in [3.8, 4) is 0 Å². The Labute approximate surface area is 97.4 Å². The highest BCUT2D eigenvalue weighted by molar-refractivity contribution is 5.54. The maximum Gasteiger partial charge on any atom is 0.0372 e. The summed E-state index contributed by atoms with van der Waals surface area (Å²) >= 11 is 0. The summed E-state index contributed by atoms with van der Waals surface area (Å²) in [5, 5.41) is 6.91. The molecule has 2 aliphatic rings. The van der Waals surface area contributed by atoms with Crippen molar-refractivity contribution in [2.45, 2.75) is 25.7 Å². The van der Waals surface area contributed by atoms with Crippen molar-refractivity contribution in [2.75, 3.05) is 25.0 Å². The molecule has 2 heteroatoms. The molecule has 16 heavy (non-hydrogen) atoms. The second-order valence-corrected chi connectivity index (χ2v) is 5.08. The Hall–Kier alpha value is -1.02. The lowest BCUT2D eigenvalue weighted by molar-refractivity contribution is 0.579. The molecule has 0 aromatic heterocycles. The number of rotatable bonds is 2. The van der Waals surface area contributed by atoms with E-state index in [9.17, 15) is 0 Å². The van der Waals surface area contributed by atoms with Crippen LogP contribution in [0, 0.1) is 5.92 Å². The topological polar surface area (TPSA) is 24.1 Å². The van der Waals surface area contributed by atoms with Gasteiger partial charge in [-0.2, -0.15) is 0 Å². The zero-order valence-electron chi connectivity index (χ0n) is 9.76. The molecule has 0 radical (unpaired) electrons. The lowest BCUT2D eigenvalue weighted by Gasteiger charge is -2.19. The summed E-state index contributed by atoms with van der Waals surface area (Å²) in [6.07, 6.45) is 5.12. The van der Waals surface area contributed by atoms with E-state index >= 15 is 0 Å². The van der Waals surface area contributed by atoms with E-state index in [1.165, 1.54) is 55.6 Å². The fraction of sp³-hybridized carbons (Fsp3) is 0.571. The largest absolute Gasteiger partial charge is 0.385 e. The molecule has 1 aromatic rings. The molecule has 1 unspecified atom stereocenters. The summed E-state index contributed by atoms with van der Waals surface area (Å²) in [4.78, 5) is 0. The van der Waals surface area contributed by atoms with Crippen molar-refractivity contribution in [3.63, 3.8) is 0 Å². The number of anilines is 1. The molecule has 2 N–H and O–H groups in total. The number of hydrogen-bond donors (Lipinski definition) is 2. The third-order valence-electron chi connectivity index (χ3n) is 3.79. The molecule has 2 nitrogen and oxygen atoms in total. The van der Waals surface area contributed by atoms with Crippen LogP contribution in [0.5, 0.6) is 0 Å². The number of fused-ring (bicyclic) bond motifs is 1. The van der Waals surface area contributed by atoms with Crippen molar-refractivity contribution in [3.05, 3.63) is 29.3 Å². The third-order valence-corrected chi connectivity index (χ3v) is 3.79. The highest BCUT2D eigenvalue weighted by Gasteiger charge is 2.16. The molecule has 1 aromatic carbocycles. The van der Waals surface area contributed by atoms with E-state index < -0.39 is 0 Å². The Kier molecular flexibility index (Phi) is 2.83. The van der Waals surface area contributed by atoms with Gasteiger partial charge in [0.25, 0.3) is 0 Å². The molecule has 1 saturated heterocycles. The molecule has 0 bridgehead atoms. The molecule has 2 heterocycles. The average molecular weight is 216 g/mol. The Morgan fingerprint density at radius 1 is 1.25 bits per heavy atom. The lowest BCUT2D eigenvalue weighted by atomic mass is 9.94. The van der Waals surface area contributed by atoms with E-state index in [1.54, 1.807) is 0 Å². The molecule has 0 saturated carbocycles. The molecule has 0 spiro atoms. The van der Waals surface area contributed by atoms with Gasteiger partial charge < -0.3 is 10.6 Å². The molecule has 0 aliphatic carbocycles. The summed E-state index contributed by atoms with van der Waals surface area (Å²) in [7, 11) is 0. The van der Waals surface area contributed by atoms with Gasteiger partial charge in [-0.25, -0.2) is 0 Å². The number of hydrogen-bond acceptors (Lipinski definition) is 2. The van der Waals surface area contributed by atoms with Crippen molar-refractivity contribution in [2.24, 2.45) is 5.92 Å². The SMILES string of the molecule is c1cc2c(cc1CC1CCNC1)CCCN2. The molecular weight excluding hydrogens is 196 g/mol. The standard InChI is InChI=1S/C14H20N2/c1-2-13-9-11(3-4-14(13)16-6-1)8-12-5-7-15-10-12/h3-4,9,12,15-16H,1-2,5-8,10H2. The van der Waals surface area contributed by atoms with Gasteiger partial charge in [0.05, 0.1) is 0 Å². The van der Waals surface area contributed by atoms with Crippen LogP contribution in [0.2, 0.25) is 0 Å². The Balaban J connectivity index is 1.74. The highest BCUT2D eigenvalue weighted by Crippen LogP contribution is 2.25. The minimum absolute atomic E-state index is 0.856. The van der Waals surface area contributed by atoms with Crippen molar-refractivity contribution >= 4 is 5.69 Å². The van der Waals surface area contributed by atoms with Crippen molar-refractivity contribution in [1.29, 1.82) is 0 Å². The summed E-state index contributed by atoms with van der Waals surface area (Å²) in [5.74, 6) is 0.856. The molecule has 2 aliphatic heterocycles. The fourth-order valence-electron chi connectivity index (χ4n) is 2.88. The van der Waals surface area contributed by atoms with Gasteiger partial charge in [0, 0.05) is 12.2 Å². The number of nitrogens with one attached hydrogen (secondary N) is 2. The van der Waals surface area contributed by atoms with Gasteiger partial charge in [0.1, 0.15) is 0 Å². The fourth-order valence-corrected chi connectivity index (χ4v) is 2.88. The minimum Gasteiger partial charge on any atom is -0.385 e. The predicted molar refractivity (Wildman–Crippen MR) is 67.9 cm³/mol. The maximum absolute atomic E-state index is 3.47. The number of benzene rings is 1. The Morgan fingerprint density at radius 3 is 3.12 bits per heavy atom. The minimum atomic E-state index is 0.856. The Morgan fingerprint density at radius 2 is 2.25 bits per heavy atom. The molecule has 1 fully saturated rings. The van der Waals surface area contributed by atoms with Crippen LogP contribution in [-0.4, -0.2) is 19.6 Å². The quantitative estimate of drug-likeness (QED) is 0.792. The van der Waals surface area contributed by atoms with Gasteiger partial charge >= 0.3 is 0 Å². The van der Waals surface area contributed by atoms with E-state index in [0.29, 0.717) is 0 Å². The van der Waals surface area contributed by atoms with E-state index in [0.717, 1.165) is 12.5 Å². The summed E-state index contributed by atoms with van der Waals surface area (Å²) < 4.78 is 0. The van der Waals surface area contributed by atoms with E-state index in [1.807, 2.05) is 0 Å². The molecule has 1 atom stereocenters. The van der Waals surface area contributed by atoms with Crippen LogP contribution in [0.3, 0.4) is 0 Å². The first-order valence-corrected chi connectivity index (χ1v) is 6.48. The predicted octanol–water partition coefficient (Wildman–Crippen LogP) is 2.20. The molecular formula is C14H20N2. The van der Waals surface area contributed by atoms with Crippen LogP contribution >= 0.6 is 0 Å². The highest BCUT2D eigenvalue weighted by atomic mass is 14.9. The van der Waals surface area contributed by atoms with Gasteiger partial charge in [-0.1, -0.05) is 12.1 Å². The van der Waals surface area contributed by atoms with Gasteiger partial charge in [-0.3, -0.25) is 0 Å². The zero-order chi connectivity index (χ0) is 10.8. The van der Waals surface area contributed by atoms with Crippen LogP contribution in [0.1, 0.15) is 24.0 Å². The summed E-state index contributed by atoms with van der Waals surface area (Å²) in [5.41, 5.74) is 4.41. The lowest BCUT2D eigenvalue weighted by Crippen LogP contribution is -2.13. The first-order chi connectivity index (χ1) is 7.92.